The standard InChI is InChI=1S/C12H24N2O3Si/c1-7-8-10(18(4,5)6)14-12(16)13-9(2)11(15)17-3/h7-10H,1-6H3,(H2,13,14,16)/b8-7+/t9-,10+/m0/s1. The van der Waals surface area contributed by atoms with Gasteiger partial charge < -0.3 is 15.4 Å². The van der Waals surface area contributed by atoms with E-state index in [1.54, 1.807) is 6.92 Å². The largest absolute Gasteiger partial charge is 0.467 e. The number of esters is 1. The van der Waals surface area contributed by atoms with Crippen LogP contribution in [0.25, 0.3) is 0 Å². The maximum atomic E-state index is 11.8. The fourth-order valence-electron chi connectivity index (χ4n) is 1.36. The van der Waals surface area contributed by atoms with Crippen molar-refractivity contribution < 1.29 is 14.3 Å². The molecule has 0 heterocycles. The molecular weight excluding hydrogens is 248 g/mol. The van der Waals surface area contributed by atoms with Crippen LogP contribution < -0.4 is 10.6 Å². The van der Waals surface area contributed by atoms with Crippen molar-refractivity contribution in [2.75, 3.05) is 7.11 Å². The first-order valence-corrected chi connectivity index (χ1v) is 9.57. The molecule has 0 saturated carbocycles. The lowest BCUT2D eigenvalue weighted by molar-refractivity contribution is -0.142. The number of urea groups is 1. The lowest BCUT2D eigenvalue weighted by atomic mass is 10.3. The van der Waals surface area contributed by atoms with Gasteiger partial charge in [0.1, 0.15) is 6.04 Å². The zero-order chi connectivity index (χ0) is 14.3. The predicted octanol–water partition coefficient (Wildman–Crippen LogP) is 1.67. The van der Waals surface area contributed by atoms with Crippen LogP contribution in [0.3, 0.4) is 0 Å². The fourth-order valence-corrected chi connectivity index (χ4v) is 2.69. The topological polar surface area (TPSA) is 67.4 Å². The first kappa shape index (κ1) is 16.7. The number of methoxy groups -OCH3 is 1. The van der Waals surface area contributed by atoms with Crippen molar-refractivity contribution in [3.63, 3.8) is 0 Å². The van der Waals surface area contributed by atoms with E-state index in [4.69, 9.17) is 0 Å². The van der Waals surface area contributed by atoms with Gasteiger partial charge in [-0.2, -0.15) is 0 Å². The number of carbonyl (C=O) groups is 2. The maximum Gasteiger partial charge on any atom is 0.328 e. The molecule has 0 aliphatic heterocycles. The zero-order valence-electron chi connectivity index (χ0n) is 12.0. The molecule has 18 heavy (non-hydrogen) atoms. The Labute approximate surface area is 110 Å². The van der Waals surface area contributed by atoms with Gasteiger partial charge in [-0.25, -0.2) is 9.59 Å². The molecule has 0 spiro atoms. The molecule has 0 saturated heterocycles. The van der Waals surface area contributed by atoms with Crippen LogP contribution in [-0.2, 0) is 9.53 Å². The molecule has 0 radical (unpaired) electrons. The minimum atomic E-state index is -1.53. The Morgan fingerprint density at radius 1 is 1.22 bits per heavy atom. The van der Waals surface area contributed by atoms with E-state index in [9.17, 15) is 9.59 Å². The third-order valence-electron chi connectivity index (χ3n) is 2.51. The third kappa shape index (κ3) is 5.86. The van der Waals surface area contributed by atoms with Crippen molar-refractivity contribution in [1.29, 1.82) is 0 Å². The van der Waals surface area contributed by atoms with E-state index in [-0.39, 0.29) is 11.7 Å². The Morgan fingerprint density at radius 3 is 2.17 bits per heavy atom. The fraction of sp³-hybridized carbons (Fsp3) is 0.667. The molecule has 104 valence electrons. The van der Waals surface area contributed by atoms with Gasteiger partial charge >= 0.3 is 12.0 Å². The van der Waals surface area contributed by atoms with Crippen molar-refractivity contribution in [3.8, 4) is 0 Å². The first-order chi connectivity index (χ1) is 8.22. The van der Waals surface area contributed by atoms with Crippen LogP contribution in [0.5, 0.6) is 0 Å². The lowest BCUT2D eigenvalue weighted by Crippen LogP contribution is -2.54. The highest BCUT2D eigenvalue weighted by atomic mass is 28.3. The normalized spacial score (nSPS) is 15.0. The number of carbonyl (C=O) groups excluding carboxylic acids is 2. The van der Waals surface area contributed by atoms with Crippen LogP contribution in [0, 0.1) is 0 Å². The van der Waals surface area contributed by atoms with Gasteiger partial charge in [0.2, 0.25) is 0 Å². The van der Waals surface area contributed by atoms with E-state index in [1.165, 1.54) is 7.11 Å². The molecular formula is C12H24N2O3Si. The second-order valence-electron chi connectivity index (χ2n) is 5.23. The minimum absolute atomic E-state index is 0.0346. The van der Waals surface area contributed by atoms with Crippen molar-refractivity contribution in [2.45, 2.75) is 45.2 Å². The van der Waals surface area contributed by atoms with Gasteiger partial charge in [0.15, 0.2) is 0 Å². The average Bonchev–Trinajstić information content (AvgIpc) is 2.25. The Bertz CT molecular complexity index is 324. The summed E-state index contributed by atoms with van der Waals surface area (Å²) in [6.45, 7) is 10.0. The predicted molar refractivity (Wildman–Crippen MR) is 75.1 cm³/mol. The molecule has 0 aromatic carbocycles. The number of nitrogens with one attached hydrogen (secondary N) is 2. The number of rotatable bonds is 5. The monoisotopic (exact) mass is 272 g/mol. The summed E-state index contributed by atoms with van der Waals surface area (Å²) in [6.07, 6.45) is 3.90. The highest BCUT2D eigenvalue weighted by Gasteiger charge is 2.26. The van der Waals surface area contributed by atoms with Gasteiger partial charge in [0.25, 0.3) is 0 Å². The van der Waals surface area contributed by atoms with E-state index < -0.39 is 20.1 Å². The molecule has 5 nitrogen and oxygen atoms in total. The summed E-state index contributed by atoms with van der Waals surface area (Å²) in [6, 6.07) is -0.999. The van der Waals surface area contributed by atoms with Crippen molar-refractivity contribution >= 4 is 20.1 Å². The summed E-state index contributed by atoms with van der Waals surface area (Å²) in [5.74, 6) is -0.458. The Kier molecular flexibility index (Phi) is 6.68. The SMILES string of the molecule is C/C=C/[C@H](NC(=O)N[C@@H](C)C(=O)OC)[Si](C)(C)C. The van der Waals surface area contributed by atoms with Crippen LogP contribution >= 0.6 is 0 Å². The molecule has 2 amide bonds. The minimum Gasteiger partial charge on any atom is -0.467 e. The number of hydrogen-bond acceptors (Lipinski definition) is 3. The van der Waals surface area contributed by atoms with Crippen LogP contribution in [0.1, 0.15) is 13.8 Å². The number of ether oxygens (including phenoxy) is 1. The highest BCUT2D eigenvalue weighted by Crippen LogP contribution is 2.09. The molecule has 0 unspecified atom stereocenters. The van der Waals surface area contributed by atoms with Crippen LogP contribution in [0.4, 0.5) is 4.79 Å². The third-order valence-corrected chi connectivity index (χ3v) is 4.71. The Morgan fingerprint density at radius 2 is 1.78 bits per heavy atom. The van der Waals surface area contributed by atoms with E-state index in [0.29, 0.717) is 0 Å². The lowest BCUT2D eigenvalue weighted by Gasteiger charge is -2.27. The summed E-state index contributed by atoms with van der Waals surface area (Å²) in [5.41, 5.74) is 0.0346. The maximum absolute atomic E-state index is 11.8. The van der Waals surface area contributed by atoms with Crippen LogP contribution in [0.15, 0.2) is 12.2 Å². The van der Waals surface area contributed by atoms with Gasteiger partial charge in [0, 0.05) is 5.67 Å². The molecule has 0 aliphatic rings. The number of amides is 2. The van der Waals surface area contributed by atoms with Gasteiger partial charge in [-0.1, -0.05) is 31.8 Å². The zero-order valence-corrected chi connectivity index (χ0v) is 13.0. The van der Waals surface area contributed by atoms with E-state index in [1.807, 2.05) is 19.1 Å². The molecule has 0 bridgehead atoms. The van der Waals surface area contributed by atoms with Gasteiger partial charge in [-0.05, 0) is 13.8 Å². The first-order valence-electron chi connectivity index (χ1n) is 6.00. The Hall–Kier alpha value is -1.30. The van der Waals surface area contributed by atoms with Gasteiger partial charge in [0.05, 0.1) is 15.2 Å². The van der Waals surface area contributed by atoms with Gasteiger partial charge in [-0.3, -0.25) is 0 Å². The van der Waals surface area contributed by atoms with E-state index >= 15 is 0 Å². The molecule has 2 N–H and O–H groups in total. The van der Waals surface area contributed by atoms with Crippen LogP contribution in [0.2, 0.25) is 19.6 Å². The highest BCUT2D eigenvalue weighted by molar-refractivity contribution is 6.78. The number of hydrogen-bond donors (Lipinski definition) is 2. The smallest absolute Gasteiger partial charge is 0.328 e. The molecule has 0 aromatic rings. The van der Waals surface area contributed by atoms with E-state index in [2.05, 4.69) is 35.0 Å². The summed E-state index contributed by atoms with van der Waals surface area (Å²) in [4.78, 5) is 22.9. The quantitative estimate of drug-likeness (QED) is 0.454. The molecule has 6 heteroatoms. The second kappa shape index (κ2) is 7.20. The molecule has 0 fully saturated rings. The molecule has 0 aromatic heterocycles. The van der Waals surface area contributed by atoms with E-state index in [0.717, 1.165) is 0 Å². The average molecular weight is 272 g/mol. The van der Waals surface area contributed by atoms with Crippen molar-refractivity contribution in [3.05, 3.63) is 12.2 Å². The summed E-state index contributed by atoms with van der Waals surface area (Å²) >= 11 is 0. The Balaban J connectivity index is 4.49. The second-order valence-corrected chi connectivity index (χ2v) is 10.6. The molecule has 0 rings (SSSR count). The summed E-state index contributed by atoms with van der Waals surface area (Å²) in [7, 11) is -0.237. The van der Waals surface area contributed by atoms with Crippen LogP contribution in [-0.4, -0.2) is 38.9 Å². The molecule has 0 aliphatic carbocycles. The number of allylic oxidation sites excluding steroid dienone is 1. The summed E-state index contributed by atoms with van der Waals surface area (Å²) < 4.78 is 4.55. The summed E-state index contributed by atoms with van der Waals surface area (Å²) in [5, 5.41) is 5.44. The van der Waals surface area contributed by atoms with Crippen molar-refractivity contribution in [1.82, 2.24) is 10.6 Å². The van der Waals surface area contributed by atoms with Crippen molar-refractivity contribution in [2.24, 2.45) is 0 Å². The van der Waals surface area contributed by atoms with Gasteiger partial charge in [-0.15, -0.1) is 0 Å². The molecule has 2 atom stereocenters.